The highest BCUT2D eigenvalue weighted by Gasteiger charge is 2.08. The summed E-state index contributed by atoms with van der Waals surface area (Å²) in [5, 5.41) is 6.74. The van der Waals surface area contributed by atoms with Crippen molar-refractivity contribution in [3.05, 3.63) is 64.2 Å². The minimum atomic E-state index is -0.152. The van der Waals surface area contributed by atoms with Crippen LogP contribution in [0.3, 0.4) is 0 Å². The summed E-state index contributed by atoms with van der Waals surface area (Å²) < 4.78 is 0. The maximum absolute atomic E-state index is 12.3. The fourth-order valence-electron chi connectivity index (χ4n) is 2.10. The first-order valence-corrected chi connectivity index (χ1v) is 7.34. The molecule has 0 fully saturated rings. The Hall–Kier alpha value is -1.84. The summed E-state index contributed by atoms with van der Waals surface area (Å²) in [6.07, 6.45) is 0. The first-order valence-electron chi connectivity index (χ1n) is 6.96. The monoisotopic (exact) mass is 302 g/mol. The van der Waals surface area contributed by atoms with E-state index in [1.165, 1.54) is 0 Å². The molecule has 2 rings (SSSR count). The van der Waals surface area contributed by atoms with E-state index in [4.69, 9.17) is 11.6 Å². The van der Waals surface area contributed by atoms with Crippen molar-refractivity contribution in [1.29, 1.82) is 0 Å². The summed E-state index contributed by atoms with van der Waals surface area (Å²) in [4.78, 5) is 12.3. The molecule has 0 aliphatic heterocycles. The quantitative estimate of drug-likeness (QED) is 0.876. The molecular weight excluding hydrogens is 284 g/mol. The van der Waals surface area contributed by atoms with Crippen LogP contribution in [0.2, 0.25) is 5.02 Å². The smallest absolute Gasteiger partial charge is 0.255 e. The summed E-state index contributed by atoms with van der Waals surface area (Å²) in [6, 6.07) is 13.1. The van der Waals surface area contributed by atoms with E-state index in [9.17, 15) is 4.79 Å². The van der Waals surface area contributed by atoms with Crippen LogP contribution in [0.15, 0.2) is 42.5 Å². The minimum Gasteiger partial charge on any atom is -0.322 e. The molecule has 0 aromatic heterocycles. The Labute approximate surface area is 130 Å². The fourth-order valence-corrected chi connectivity index (χ4v) is 2.39. The Morgan fingerprint density at radius 1 is 1.19 bits per heavy atom. The van der Waals surface area contributed by atoms with Gasteiger partial charge in [-0.25, -0.2) is 0 Å². The van der Waals surface area contributed by atoms with Crippen LogP contribution in [-0.2, 0) is 6.54 Å². The van der Waals surface area contributed by atoms with Crippen LogP contribution < -0.4 is 10.6 Å². The zero-order chi connectivity index (χ0) is 15.2. The molecule has 0 bridgehead atoms. The standard InChI is InChI=1S/C17H19ClN2O/c1-3-19-11-13-5-4-6-16(9-13)20-17(21)14-7-12(2)8-15(18)10-14/h4-10,19H,3,11H2,1-2H3,(H,20,21). The summed E-state index contributed by atoms with van der Waals surface area (Å²) >= 11 is 5.99. The number of anilines is 1. The molecule has 3 nitrogen and oxygen atoms in total. The molecule has 0 spiro atoms. The van der Waals surface area contributed by atoms with Crippen LogP contribution in [0.5, 0.6) is 0 Å². The van der Waals surface area contributed by atoms with E-state index in [1.54, 1.807) is 6.07 Å². The summed E-state index contributed by atoms with van der Waals surface area (Å²) in [6.45, 7) is 5.68. The number of rotatable bonds is 5. The molecule has 2 aromatic rings. The Morgan fingerprint density at radius 2 is 2.00 bits per heavy atom. The number of benzene rings is 2. The molecule has 0 saturated carbocycles. The SMILES string of the molecule is CCNCc1cccc(NC(=O)c2cc(C)cc(Cl)c2)c1. The van der Waals surface area contributed by atoms with E-state index in [0.29, 0.717) is 10.6 Å². The Morgan fingerprint density at radius 3 is 2.71 bits per heavy atom. The van der Waals surface area contributed by atoms with Gasteiger partial charge < -0.3 is 10.6 Å². The summed E-state index contributed by atoms with van der Waals surface area (Å²) in [7, 11) is 0. The number of hydrogen-bond acceptors (Lipinski definition) is 2. The second-order valence-electron chi connectivity index (χ2n) is 4.95. The molecule has 110 valence electrons. The largest absolute Gasteiger partial charge is 0.322 e. The number of hydrogen-bond donors (Lipinski definition) is 2. The zero-order valence-corrected chi connectivity index (χ0v) is 13.0. The lowest BCUT2D eigenvalue weighted by Crippen LogP contribution is -2.14. The molecule has 0 unspecified atom stereocenters. The van der Waals surface area contributed by atoms with Crippen LogP contribution in [0.25, 0.3) is 0 Å². The molecular formula is C17H19ClN2O. The average Bonchev–Trinajstić information content (AvgIpc) is 2.44. The molecule has 2 aromatic carbocycles. The molecule has 0 heterocycles. The lowest BCUT2D eigenvalue weighted by atomic mass is 10.1. The van der Waals surface area contributed by atoms with Crippen molar-refractivity contribution in [3.63, 3.8) is 0 Å². The fraction of sp³-hybridized carbons (Fsp3) is 0.235. The third-order valence-corrected chi connectivity index (χ3v) is 3.29. The number of nitrogens with one attached hydrogen (secondary N) is 2. The second kappa shape index (κ2) is 7.25. The highest BCUT2D eigenvalue weighted by Crippen LogP contribution is 2.17. The van der Waals surface area contributed by atoms with Crippen LogP contribution in [0.1, 0.15) is 28.4 Å². The average molecular weight is 303 g/mol. The number of carbonyl (C=O) groups excluding carboxylic acids is 1. The highest BCUT2D eigenvalue weighted by molar-refractivity contribution is 6.31. The van der Waals surface area contributed by atoms with Crippen molar-refractivity contribution in [3.8, 4) is 0 Å². The van der Waals surface area contributed by atoms with Gasteiger partial charge in [-0.1, -0.05) is 30.7 Å². The van der Waals surface area contributed by atoms with Gasteiger partial charge in [-0.15, -0.1) is 0 Å². The summed E-state index contributed by atoms with van der Waals surface area (Å²) in [5.74, 6) is -0.152. The van der Waals surface area contributed by atoms with Crippen LogP contribution >= 0.6 is 11.6 Å². The lowest BCUT2D eigenvalue weighted by molar-refractivity contribution is 0.102. The Balaban J connectivity index is 2.11. The van der Waals surface area contributed by atoms with E-state index < -0.39 is 0 Å². The van der Waals surface area contributed by atoms with Crippen LogP contribution in [0.4, 0.5) is 5.69 Å². The van der Waals surface area contributed by atoms with Gasteiger partial charge in [0.1, 0.15) is 0 Å². The highest BCUT2D eigenvalue weighted by atomic mass is 35.5. The molecule has 21 heavy (non-hydrogen) atoms. The van der Waals surface area contributed by atoms with Crippen molar-refractivity contribution in [2.75, 3.05) is 11.9 Å². The number of carbonyl (C=O) groups is 1. The maximum Gasteiger partial charge on any atom is 0.255 e. The Kier molecular flexibility index (Phi) is 5.37. The summed E-state index contributed by atoms with van der Waals surface area (Å²) in [5.41, 5.74) is 3.45. The molecule has 0 saturated heterocycles. The van der Waals surface area contributed by atoms with E-state index in [2.05, 4.69) is 17.6 Å². The molecule has 0 aliphatic rings. The predicted octanol–water partition coefficient (Wildman–Crippen LogP) is 4.01. The van der Waals surface area contributed by atoms with Gasteiger partial charge in [0.05, 0.1) is 0 Å². The zero-order valence-electron chi connectivity index (χ0n) is 12.2. The molecule has 0 radical (unpaired) electrons. The van der Waals surface area contributed by atoms with Crippen molar-refractivity contribution in [2.24, 2.45) is 0 Å². The second-order valence-corrected chi connectivity index (χ2v) is 5.39. The molecule has 1 amide bonds. The first kappa shape index (κ1) is 15.5. The van der Waals surface area contributed by atoms with Gasteiger partial charge in [0.2, 0.25) is 0 Å². The molecule has 0 aliphatic carbocycles. The molecule has 4 heteroatoms. The maximum atomic E-state index is 12.3. The van der Waals surface area contributed by atoms with Crippen molar-refractivity contribution >= 4 is 23.2 Å². The molecule has 2 N–H and O–H groups in total. The minimum absolute atomic E-state index is 0.152. The van der Waals surface area contributed by atoms with Gasteiger partial charge in [-0.2, -0.15) is 0 Å². The van der Waals surface area contributed by atoms with Gasteiger partial charge >= 0.3 is 0 Å². The van der Waals surface area contributed by atoms with Crippen LogP contribution in [0, 0.1) is 6.92 Å². The molecule has 0 atom stereocenters. The number of aryl methyl sites for hydroxylation is 1. The van der Waals surface area contributed by atoms with Crippen molar-refractivity contribution < 1.29 is 4.79 Å². The Bertz CT molecular complexity index is 620. The van der Waals surface area contributed by atoms with Crippen LogP contribution in [-0.4, -0.2) is 12.5 Å². The van der Waals surface area contributed by atoms with Crippen molar-refractivity contribution in [1.82, 2.24) is 5.32 Å². The first-order chi connectivity index (χ1) is 10.1. The predicted molar refractivity (Wildman–Crippen MR) is 88.0 cm³/mol. The van der Waals surface area contributed by atoms with Gasteiger partial charge in [-0.3, -0.25) is 4.79 Å². The van der Waals surface area contributed by atoms with Gasteiger partial charge in [-0.05, 0) is 54.9 Å². The topological polar surface area (TPSA) is 41.1 Å². The van der Waals surface area contributed by atoms with E-state index >= 15 is 0 Å². The van der Waals surface area contributed by atoms with Gasteiger partial charge in [0.25, 0.3) is 5.91 Å². The van der Waals surface area contributed by atoms with E-state index in [-0.39, 0.29) is 5.91 Å². The third kappa shape index (κ3) is 4.59. The lowest BCUT2D eigenvalue weighted by Gasteiger charge is -2.09. The van der Waals surface area contributed by atoms with Gasteiger partial charge in [0.15, 0.2) is 0 Å². The number of amides is 1. The van der Waals surface area contributed by atoms with E-state index in [1.807, 2.05) is 43.3 Å². The third-order valence-electron chi connectivity index (χ3n) is 3.07. The van der Waals surface area contributed by atoms with Gasteiger partial charge in [0, 0.05) is 22.8 Å². The van der Waals surface area contributed by atoms with E-state index in [0.717, 1.165) is 29.9 Å². The van der Waals surface area contributed by atoms with Crippen molar-refractivity contribution in [2.45, 2.75) is 20.4 Å². The number of halogens is 1. The normalized spacial score (nSPS) is 10.4.